The summed E-state index contributed by atoms with van der Waals surface area (Å²) in [5.41, 5.74) is 9.69. The van der Waals surface area contributed by atoms with E-state index in [9.17, 15) is 0 Å². The normalized spacial score (nSPS) is 10.1. The molecular formula is C14H12BrN. The molecule has 2 aromatic carbocycles. The van der Waals surface area contributed by atoms with Crippen LogP contribution in [0.2, 0.25) is 0 Å². The summed E-state index contributed by atoms with van der Waals surface area (Å²) < 4.78 is 0.973. The molecule has 0 saturated heterocycles. The Balaban J connectivity index is 2.50. The highest BCUT2D eigenvalue weighted by Crippen LogP contribution is 2.32. The van der Waals surface area contributed by atoms with Crippen LogP contribution in [-0.4, -0.2) is 0 Å². The largest absolute Gasteiger partial charge is 0.398 e. The van der Waals surface area contributed by atoms with Crippen LogP contribution < -0.4 is 5.73 Å². The van der Waals surface area contributed by atoms with Crippen LogP contribution in [0, 0.1) is 0 Å². The molecule has 0 bridgehead atoms. The molecule has 16 heavy (non-hydrogen) atoms. The Labute approximate surface area is 104 Å². The lowest BCUT2D eigenvalue weighted by atomic mass is 9.98. The first-order valence-corrected chi connectivity index (χ1v) is 5.78. The number of anilines is 1. The van der Waals surface area contributed by atoms with Crippen LogP contribution in [0.4, 0.5) is 5.69 Å². The van der Waals surface area contributed by atoms with E-state index in [4.69, 9.17) is 5.73 Å². The molecule has 0 aromatic heterocycles. The summed E-state index contributed by atoms with van der Waals surface area (Å²) in [4.78, 5) is 0. The smallest absolute Gasteiger partial charge is 0.0405 e. The third-order valence-corrected chi connectivity index (χ3v) is 3.13. The number of nitrogen functional groups attached to an aromatic ring is 1. The molecule has 2 N–H and O–H groups in total. The Morgan fingerprint density at radius 3 is 2.31 bits per heavy atom. The molecule has 0 amide bonds. The first kappa shape index (κ1) is 11.0. The van der Waals surface area contributed by atoms with Gasteiger partial charge in [0.2, 0.25) is 0 Å². The fourth-order valence-corrected chi connectivity index (χ4v) is 2.26. The van der Waals surface area contributed by atoms with Crippen molar-refractivity contribution in [2.24, 2.45) is 0 Å². The van der Waals surface area contributed by atoms with E-state index in [-0.39, 0.29) is 0 Å². The lowest BCUT2D eigenvalue weighted by molar-refractivity contribution is 1.52. The molecule has 0 unspecified atom stereocenters. The van der Waals surface area contributed by atoms with Crippen molar-refractivity contribution in [1.29, 1.82) is 0 Å². The van der Waals surface area contributed by atoms with Gasteiger partial charge in [-0.3, -0.25) is 0 Å². The first-order valence-electron chi connectivity index (χ1n) is 4.99. The van der Waals surface area contributed by atoms with Crippen molar-refractivity contribution in [1.82, 2.24) is 0 Å². The molecule has 0 aliphatic carbocycles. The van der Waals surface area contributed by atoms with Gasteiger partial charge in [-0.2, -0.15) is 0 Å². The third kappa shape index (κ3) is 2.02. The molecule has 0 saturated carbocycles. The average Bonchev–Trinajstić information content (AvgIpc) is 2.30. The van der Waals surface area contributed by atoms with Crippen molar-refractivity contribution in [3.05, 3.63) is 70.7 Å². The number of hydrogen-bond donors (Lipinski definition) is 1. The van der Waals surface area contributed by atoms with Crippen molar-refractivity contribution in [3.8, 4) is 0 Å². The Kier molecular flexibility index (Phi) is 3.11. The molecule has 2 rings (SSSR count). The van der Waals surface area contributed by atoms with Crippen molar-refractivity contribution < 1.29 is 0 Å². The minimum absolute atomic E-state index is 0.739. The highest BCUT2D eigenvalue weighted by molar-refractivity contribution is 9.10. The molecule has 2 heteroatoms. The zero-order valence-corrected chi connectivity index (χ0v) is 10.4. The predicted octanol–water partition coefficient (Wildman–Crippen LogP) is 4.09. The number of rotatable bonds is 2. The maximum absolute atomic E-state index is 5.97. The molecule has 80 valence electrons. The number of benzene rings is 2. The molecule has 0 aliphatic rings. The van der Waals surface area contributed by atoms with Gasteiger partial charge < -0.3 is 5.73 Å². The first-order chi connectivity index (χ1) is 7.70. The lowest BCUT2D eigenvalue weighted by Crippen LogP contribution is -1.95. The summed E-state index contributed by atoms with van der Waals surface area (Å²) in [6.45, 7) is 4.11. The zero-order valence-electron chi connectivity index (χ0n) is 8.78. The van der Waals surface area contributed by atoms with Gasteiger partial charge in [-0.1, -0.05) is 58.9 Å². The molecule has 1 nitrogen and oxygen atoms in total. The Morgan fingerprint density at radius 2 is 1.69 bits per heavy atom. The summed E-state index contributed by atoms with van der Waals surface area (Å²) in [5, 5.41) is 0. The van der Waals surface area contributed by atoms with Crippen LogP contribution in [0.5, 0.6) is 0 Å². The Bertz CT molecular complexity index is 497. The molecule has 0 aliphatic heterocycles. The summed E-state index contributed by atoms with van der Waals surface area (Å²) in [5.74, 6) is 0. The van der Waals surface area contributed by atoms with E-state index in [0.29, 0.717) is 0 Å². The monoisotopic (exact) mass is 273 g/mol. The van der Waals surface area contributed by atoms with Gasteiger partial charge in [-0.05, 0) is 23.3 Å². The standard InChI is InChI=1S/C14H12BrN/c1-10(11-6-3-2-4-7-11)14-12(15)8-5-9-13(14)16/h2-9H,1,16H2. The van der Waals surface area contributed by atoms with E-state index in [2.05, 4.69) is 22.5 Å². The average molecular weight is 274 g/mol. The van der Waals surface area contributed by atoms with Gasteiger partial charge in [0.25, 0.3) is 0 Å². The quantitative estimate of drug-likeness (QED) is 0.820. The molecule has 0 radical (unpaired) electrons. The van der Waals surface area contributed by atoms with E-state index in [1.54, 1.807) is 0 Å². The SMILES string of the molecule is C=C(c1ccccc1)c1c(N)cccc1Br. The van der Waals surface area contributed by atoms with Crippen molar-refractivity contribution in [2.45, 2.75) is 0 Å². The number of hydrogen-bond acceptors (Lipinski definition) is 1. The minimum atomic E-state index is 0.739. The van der Waals surface area contributed by atoms with Crippen molar-refractivity contribution in [2.75, 3.05) is 5.73 Å². The van der Waals surface area contributed by atoms with Gasteiger partial charge in [-0.25, -0.2) is 0 Å². The summed E-state index contributed by atoms with van der Waals surface area (Å²) >= 11 is 3.50. The fraction of sp³-hybridized carbons (Fsp3) is 0. The molecule has 0 spiro atoms. The summed E-state index contributed by atoms with van der Waals surface area (Å²) in [6.07, 6.45) is 0. The third-order valence-electron chi connectivity index (χ3n) is 2.47. The lowest BCUT2D eigenvalue weighted by Gasteiger charge is -2.11. The van der Waals surface area contributed by atoms with Crippen molar-refractivity contribution >= 4 is 27.2 Å². The molecule has 0 heterocycles. The van der Waals surface area contributed by atoms with E-state index in [0.717, 1.165) is 26.9 Å². The zero-order chi connectivity index (χ0) is 11.5. The van der Waals surface area contributed by atoms with Crippen LogP contribution in [-0.2, 0) is 0 Å². The maximum atomic E-state index is 5.97. The minimum Gasteiger partial charge on any atom is -0.398 e. The van der Waals surface area contributed by atoms with E-state index >= 15 is 0 Å². The fourth-order valence-electron chi connectivity index (χ4n) is 1.64. The van der Waals surface area contributed by atoms with E-state index < -0.39 is 0 Å². The maximum Gasteiger partial charge on any atom is 0.0405 e. The van der Waals surface area contributed by atoms with Crippen molar-refractivity contribution in [3.63, 3.8) is 0 Å². The van der Waals surface area contributed by atoms with Gasteiger partial charge in [0.15, 0.2) is 0 Å². The van der Waals surface area contributed by atoms with Crippen LogP contribution >= 0.6 is 15.9 Å². The van der Waals surface area contributed by atoms with Gasteiger partial charge in [0, 0.05) is 15.7 Å². The van der Waals surface area contributed by atoms with E-state index in [1.165, 1.54) is 0 Å². The molecule has 2 aromatic rings. The van der Waals surface area contributed by atoms with Gasteiger partial charge in [0.05, 0.1) is 0 Å². The van der Waals surface area contributed by atoms with Gasteiger partial charge in [0.1, 0.15) is 0 Å². The Hall–Kier alpha value is -1.54. The highest BCUT2D eigenvalue weighted by atomic mass is 79.9. The number of nitrogens with two attached hydrogens (primary N) is 1. The molecule has 0 fully saturated rings. The van der Waals surface area contributed by atoms with Gasteiger partial charge in [-0.15, -0.1) is 0 Å². The van der Waals surface area contributed by atoms with Crippen LogP contribution in [0.25, 0.3) is 5.57 Å². The predicted molar refractivity (Wildman–Crippen MR) is 73.1 cm³/mol. The van der Waals surface area contributed by atoms with E-state index in [1.807, 2.05) is 48.5 Å². The second kappa shape index (κ2) is 4.54. The van der Waals surface area contributed by atoms with Crippen LogP contribution in [0.15, 0.2) is 59.6 Å². The van der Waals surface area contributed by atoms with Crippen LogP contribution in [0.3, 0.4) is 0 Å². The second-order valence-corrected chi connectivity index (χ2v) is 4.40. The molecular weight excluding hydrogens is 262 g/mol. The van der Waals surface area contributed by atoms with Crippen LogP contribution in [0.1, 0.15) is 11.1 Å². The van der Waals surface area contributed by atoms with Gasteiger partial charge >= 0.3 is 0 Å². The molecule has 0 atom stereocenters. The summed E-state index contributed by atoms with van der Waals surface area (Å²) in [6, 6.07) is 15.8. The second-order valence-electron chi connectivity index (χ2n) is 3.55. The summed E-state index contributed by atoms with van der Waals surface area (Å²) in [7, 11) is 0. The number of halogens is 1. The Morgan fingerprint density at radius 1 is 1.00 bits per heavy atom. The topological polar surface area (TPSA) is 26.0 Å². The highest BCUT2D eigenvalue weighted by Gasteiger charge is 2.09.